The van der Waals surface area contributed by atoms with Gasteiger partial charge in [0.2, 0.25) is 5.95 Å². The second-order valence-corrected chi connectivity index (χ2v) is 9.03. The fraction of sp³-hybridized carbons (Fsp3) is 0.458. The number of nitrogens with zero attached hydrogens (tertiary/aromatic N) is 1. The van der Waals surface area contributed by atoms with E-state index < -0.39 is 18.0 Å². The molecule has 1 atom stereocenters. The van der Waals surface area contributed by atoms with E-state index in [0.29, 0.717) is 28.8 Å². The lowest BCUT2D eigenvalue weighted by atomic mass is 10.1. The maximum Gasteiger partial charge on any atom is 0.328 e. The molecule has 11 nitrogen and oxygen atoms in total. The first-order valence-electron chi connectivity index (χ1n) is 11.9. The van der Waals surface area contributed by atoms with Crippen LogP contribution in [0.4, 0.5) is 5.95 Å². The molecule has 36 heavy (non-hydrogen) atoms. The molecule has 0 aliphatic carbocycles. The Morgan fingerprint density at radius 3 is 2.64 bits per heavy atom. The zero-order valence-electron chi connectivity index (χ0n) is 20.3. The SMILES string of the molecule is CCOC(=O)CC[C@H](NC(=O)c1sccc1CCCCc1cc2c(=O)[nH]c(N)nc2[nH]1)C(=O)OCC. The third kappa shape index (κ3) is 7.17. The van der Waals surface area contributed by atoms with Gasteiger partial charge in [-0.3, -0.25) is 19.4 Å². The number of hydrogen-bond acceptors (Lipinski definition) is 9. The number of hydrogen-bond donors (Lipinski definition) is 4. The van der Waals surface area contributed by atoms with Gasteiger partial charge in [-0.05, 0) is 69.0 Å². The van der Waals surface area contributed by atoms with Crippen LogP contribution in [0.1, 0.15) is 60.5 Å². The first kappa shape index (κ1) is 26.9. The van der Waals surface area contributed by atoms with Gasteiger partial charge in [0.1, 0.15) is 11.7 Å². The highest BCUT2D eigenvalue weighted by Crippen LogP contribution is 2.21. The van der Waals surface area contributed by atoms with Gasteiger partial charge in [-0.15, -0.1) is 11.3 Å². The monoisotopic (exact) mass is 517 g/mol. The Kier molecular flexibility index (Phi) is 9.62. The number of amides is 1. The summed E-state index contributed by atoms with van der Waals surface area (Å²) in [4.78, 5) is 59.2. The van der Waals surface area contributed by atoms with E-state index in [1.165, 1.54) is 11.3 Å². The molecule has 0 saturated heterocycles. The molecule has 3 aromatic rings. The minimum atomic E-state index is -0.940. The Labute approximate surface area is 211 Å². The van der Waals surface area contributed by atoms with Crippen LogP contribution in [0.5, 0.6) is 0 Å². The number of aromatic amines is 2. The summed E-state index contributed by atoms with van der Waals surface area (Å²) >= 11 is 1.30. The molecule has 3 rings (SSSR count). The van der Waals surface area contributed by atoms with E-state index in [2.05, 4.69) is 20.3 Å². The number of carbonyl (C=O) groups excluding carboxylic acids is 3. The minimum absolute atomic E-state index is 0.00334. The predicted octanol–water partition coefficient (Wildman–Crippen LogP) is 2.47. The van der Waals surface area contributed by atoms with E-state index in [-0.39, 0.29) is 43.5 Å². The normalized spacial score (nSPS) is 11.8. The molecule has 0 radical (unpaired) electrons. The van der Waals surface area contributed by atoms with Gasteiger partial charge in [-0.1, -0.05) is 0 Å². The van der Waals surface area contributed by atoms with Crippen molar-refractivity contribution in [3.05, 3.63) is 44.0 Å². The fourth-order valence-electron chi connectivity index (χ4n) is 3.80. The van der Waals surface area contributed by atoms with Crippen LogP contribution in [-0.4, -0.2) is 52.1 Å². The molecule has 0 aromatic carbocycles. The van der Waals surface area contributed by atoms with Crippen LogP contribution in [0.25, 0.3) is 11.0 Å². The summed E-state index contributed by atoms with van der Waals surface area (Å²) in [6, 6.07) is 2.73. The van der Waals surface area contributed by atoms with Gasteiger partial charge < -0.3 is 25.5 Å². The van der Waals surface area contributed by atoms with E-state index in [1.54, 1.807) is 19.9 Å². The molecule has 0 aliphatic heterocycles. The smallest absolute Gasteiger partial charge is 0.328 e. The maximum atomic E-state index is 12.9. The van der Waals surface area contributed by atoms with Gasteiger partial charge in [0.05, 0.1) is 23.5 Å². The van der Waals surface area contributed by atoms with Gasteiger partial charge in [0, 0.05) is 12.1 Å². The van der Waals surface area contributed by atoms with Crippen LogP contribution in [0.3, 0.4) is 0 Å². The lowest BCUT2D eigenvalue weighted by Crippen LogP contribution is -2.42. The number of rotatable bonds is 13. The zero-order valence-corrected chi connectivity index (χ0v) is 21.2. The number of ether oxygens (including phenoxy) is 2. The Morgan fingerprint density at radius 1 is 1.14 bits per heavy atom. The summed E-state index contributed by atoms with van der Waals surface area (Å²) in [6.07, 6.45) is 3.10. The van der Waals surface area contributed by atoms with E-state index in [4.69, 9.17) is 15.2 Å². The third-order valence-corrected chi connectivity index (χ3v) is 6.44. The number of unbranched alkanes of at least 4 members (excludes halogenated alkanes) is 1. The van der Waals surface area contributed by atoms with Crippen LogP contribution in [-0.2, 0) is 31.9 Å². The van der Waals surface area contributed by atoms with Gasteiger partial charge in [0.15, 0.2) is 0 Å². The van der Waals surface area contributed by atoms with Gasteiger partial charge in [-0.2, -0.15) is 4.98 Å². The number of aryl methyl sites for hydroxylation is 2. The van der Waals surface area contributed by atoms with E-state index in [1.807, 2.05) is 11.4 Å². The number of nitrogens with two attached hydrogens (primary N) is 1. The number of thiophene rings is 1. The molecule has 3 aromatic heterocycles. The topological polar surface area (TPSA) is 169 Å². The average molecular weight is 518 g/mol. The molecule has 12 heteroatoms. The van der Waals surface area contributed by atoms with E-state index >= 15 is 0 Å². The fourth-order valence-corrected chi connectivity index (χ4v) is 4.66. The Bertz CT molecular complexity index is 1260. The highest BCUT2D eigenvalue weighted by atomic mass is 32.1. The molecular formula is C24H31N5O6S. The molecular weight excluding hydrogens is 486 g/mol. The highest BCUT2D eigenvalue weighted by molar-refractivity contribution is 7.12. The van der Waals surface area contributed by atoms with Crippen molar-refractivity contribution in [2.45, 2.75) is 58.4 Å². The van der Waals surface area contributed by atoms with Crippen LogP contribution in [0.15, 0.2) is 22.3 Å². The van der Waals surface area contributed by atoms with Gasteiger partial charge >= 0.3 is 11.9 Å². The molecule has 194 valence electrons. The largest absolute Gasteiger partial charge is 0.466 e. The second-order valence-electron chi connectivity index (χ2n) is 8.11. The van der Waals surface area contributed by atoms with Crippen molar-refractivity contribution in [2.75, 3.05) is 18.9 Å². The summed E-state index contributed by atoms with van der Waals surface area (Å²) in [5.74, 6) is -1.32. The first-order valence-corrected chi connectivity index (χ1v) is 12.8. The molecule has 0 bridgehead atoms. The zero-order chi connectivity index (χ0) is 26.1. The molecule has 0 unspecified atom stereocenters. The van der Waals surface area contributed by atoms with Crippen LogP contribution in [0.2, 0.25) is 0 Å². The van der Waals surface area contributed by atoms with Crippen molar-refractivity contribution in [1.29, 1.82) is 0 Å². The number of nitrogens with one attached hydrogen (secondary N) is 3. The summed E-state index contributed by atoms with van der Waals surface area (Å²) in [5, 5.41) is 5.02. The van der Waals surface area contributed by atoms with E-state index in [9.17, 15) is 19.2 Å². The third-order valence-electron chi connectivity index (χ3n) is 5.49. The molecule has 1 amide bonds. The summed E-state index contributed by atoms with van der Waals surface area (Å²) in [7, 11) is 0. The van der Waals surface area contributed by atoms with Crippen molar-refractivity contribution < 1.29 is 23.9 Å². The number of fused-ring (bicyclic) bond motifs is 1. The van der Waals surface area contributed by atoms with Crippen molar-refractivity contribution in [3.63, 3.8) is 0 Å². The Balaban J connectivity index is 1.56. The molecule has 0 aliphatic rings. The number of aromatic nitrogens is 3. The Morgan fingerprint density at radius 2 is 1.89 bits per heavy atom. The van der Waals surface area contributed by atoms with Gasteiger partial charge in [-0.25, -0.2) is 4.79 Å². The first-order chi connectivity index (χ1) is 17.3. The van der Waals surface area contributed by atoms with Gasteiger partial charge in [0.25, 0.3) is 11.5 Å². The quantitative estimate of drug-likeness (QED) is 0.198. The standard InChI is InChI=1S/C24H31N5O6S/c1-3-34-18(30)10-9-17(23(33)35-4-2)27-22(32)19-14(11-12-36-19)7-5-6-8-15-13-16-20(26-15)28-24(25)29-21(16)31/h11-13,17H,3-10H2,1-2H3,(H,27,32)(H4,25,26,28,29,31)/t17-/m0/s1. The highest BCUT2D eigenvalue weighted by Gasteiger charge is 2.25. The number of esters is 2. The predicted molar refractivity (Wildman–Crippen MR) is 136 cm³/mol. The van der Waals surface area contributed by atoms with Crippen molar-refractivity contribution in [3.8, 4) is 0 Å². The van der Waals surface area contributed by atoms with Crippen LogP contribution < -0.4 is 16.6 Å². The molecule has 5 N–H and O–H groups in total. The van der Waals surface area contributed by atoms with E-state index in [0.717, 1.165) is 24.1 Å². The number of carbonyl (C=O) groups is 3. The minimum Gasteiger partial charge on any atom is -0.466 e. The summed E-state index contributed by atoms with van der Waals surface area (Å²) in [5.41, 5.74) is 7.54. The average Bonchev–Trinajstić information content (AvgIpc) is 3.46. The molecule has 0 spiro atoms. The lowest BCUT2D eigenvalue weighted by molar-refractivity contribution is -0.146. The van der Waals surface area contributed by atoms with Crippen LogP contribution in [0, 0.1) is 0 Å². The van der Waals surface area contributed by atoms with Crippen molar-refractivity contribution in [2.24, 2.45) is 0 Å². The number of H-pyrrole nitrogens is 2. The summed E-state index contributed by atoms with van der Waals surface area (Å²) < 4.78 is 9.98. The lowest BCUT2D eigenvalue weighted by Gasteiger charge is -2.17. The Hall–Kier alpha value is -3.67. The molecule has 0 saturated carbocycles. The molecule has 3 heterocycles. The maximum absolute atomic E-state index is 12.9. The van der Waals surface area contributed by atoms with Crippen molar-refractivity contribution >= 4 is 46.2 Å². The summed E-state index contributed by atoms with van der Waals surface area (Å²) in [6.45, 7) is 3.80. The second kappa shape index (κ2) is 12.9. The number of nitrogen functional groups attached to an aromatic ring is 1. The van der Waals surface area contributed by atoms with Crippen molar-refractivity contribution in [1.82, 2.24) is 20.3 Å². The number of anilines is 1. The van der Waals surface area contributed by atoms with Crippen LogP contribution >= 0.6 is 11.3 Å². The molecule has 0 fully saturated rings.